The number of anilines is 2. The van der Waals surface area contributed by atoms with E-state index in [1.807, 2.05) is 26.8 Å². The minimum absolute atomic E-state index is 0.0283. The van der Waals surface area contributed by atoms with E-state index in [0.717, 1.165) is 32.4 Å². The van der Waals surface area contributed by atoms with E-state index in [4.69, 9.17) is 4.74 Å². The molecule has 3 saturated heterocycles. The number of fused-ring (bicyclic) bond motifs is 2. The lowest BCUT2D eigenvalue weighted by atomic mass is 9.62. The van der Waals surface area contributed by atoms with Crippen molar-refractivity contribution < 1.29 is 23.5 Å². The van der Waals surface area contributed by atoms with E-state index in [1.54, 1.807) is 12.1 Å². The minimum atomic E-state index is -0.656. The Morgan fingerprint density at radius 3 is 2.40 bits per heavy atom. The first-order valence-corrected chi connectivity index (χ1v) is 14.5. The van der Waals surface area contributed by atoms with Gasteiger partial charge in [-0.15, -0.1) is 0 Å². The first kappa shape index (κ1) is 26.8. The summed E-state index contributed by atoms with van der Waals surface area (Å²) in [6.45, 7) is 7.70. The molecule has 2 aromatic rings. The van der Waals surface area contributed by atoms with Gasteiger partial charge in [0.25, 0.3) is 0 Å². The zero-order chi connectivity index (χ0) is 28.2. The molecule has 1 aliphatic carbocycles. The Bertz CT molecular complexity index is 1320. The van der Waals surface area contributed by atoms with Crippen LogP contribution in [0.15, 0.2) is 48.5 Å². The smallest absolute Gasteiger partial charge is 0.414 e. The highest BCUT2D eigenvalue weighted by atomic mass is 19.1. The molecule has 3 atom stereocenters. The lowest BCUT2D eigenvalue weighted by molar-refractivity contribution is -0.169. The third kappa shape index (κ3) is 4.36. The number of carbonyl (C=O) groups excluding carboxylic acids is 3. The molecule has 3 aliphatic heterocycles. The highest BCUT2D eigenvalue weighted by Crippen LogP contribution is 2.60. The van der Waals surface area contributed by atoms with Crippen LogP contribution in [-0.4, -0.2) is 55.1 Å². The van der Waals surface area contributed by atoms with Crippen LogP contribution in [0.2, 0.25) is 0 Å². The van der Waals surface area contributed by atoms with Gasteiger partial charge in [-0.1, -0.05) is 51.1 Å². The molecule has 7 nitrogen and oxygen atoms in total. The van der Waals surface area contributed by atoms with Crippen molar-refractivity contribution in [3.63, 3.8) is 0 Å². The fraction of sp³-hybridized carbons (Fsp3) is 0.531. The van der Waals surface area contributed by atoms with Crippen LogP contribution in [0.5, 0.6) is 0 Å². The van der Waals surface area contributed by atoms with Gasteiger partial charge in [-0.3, -0.25) is 19.4 Å². The van der Waals surface area contributed by atoms with Crippen molar-refractivity contribution in [2.24, 2.45) is 22.7 Å². The fourth-order valence-corrected chi connectivity index (χ4v) is 7.35. The molecule has 4 fully saturated rings. The van der Waals surface area contributed by atoms with Crippen LogP contribution in [-0.2, 0) is 20.7 Å². The van der Waals surface area contributed by atoms with Gasteiger partial charge in [0.2, 0.25) is 11.8 Å². The molecule has 2 bridgehead atoms. The maximum atomic E-state index is 15.3. The molecule has 0 radical (unpaired) electrons. The Hall–Kier alpha value is -3.42. The van der Waals surface area contributed by atoms with Gasteiger partial charge in [0, 0.05) is 19.0 Å². The molecule has 8 heteroatoms. The summed E-state index contributed by atoms with van der Waals surface area (Å²) in [6.07, 6.45) is 3.17. The first-order chi connectivity index (χ1) is 19.1. The quantitative estimate of drug-likeness (QED) is 0.452. The van der Waals surface area contributed by atoms with Gasteiger partial charge in [0.1, 0.15) is 11.9 Å². The zero-order valence-electron chi connectivity index (χ0n) is 23.6. The summed E-state index contributed by atoms with van der Waals surface area (Å²) in [6, 6.07) is 15.3. The standard InChI is InChI=1S/C32H38FN3O4/c1-31(2)25-11-14-32(31,3)29(38)36(28(25)37)20-24-19-35(30(39)40-24)23-9-10-27(26(33)18-23)34-15-12-22(13-16-34)17-21-7-5-4-6-8-21/h4-10,18,22,24-25H,11-17,19-20H2,1-3H3/t24-,25?,32?/m1/s1. The molecule has 212 valence electrons. The van der Waals surface area contributed by atoms with E-state index in [0.29, 0.717) is 30.1 Å². The third-order valence-electron chi connectivity index (χ3n) is 10.3. The molecule has 0 aromatic heterocycles. The van der Waals surface area contributed by atoms with Gasteiger partial charge < -0.3 is 9.64 Å². The van der Waals surface area contributed by atoms with E-state index in [9.17, 15) is 14.4 Å². The SMILES string of the molecule is CC12CCC(C(=O)N(C[C@H]3CN(c4ccc(N5CCC(Cc6ccccc6)CC5)c(F)c4)C(=O)O3)C1=O)C2(C)C. The van der Waals surface area contributed by atoms with Gasteiger partial charge in [0.05, 0.1) is 29.9 Å². The Kier molecular flexibility index (Phi) is 6.62. The lowest BCUT2D eigenvalue weighted by Gasteiger charge is -2.47. The summed E-state index contributed by atoms with van der Waals surface area (Å²) in [4.78, 5) is 44.1. The number of rotatable bonds is 6. The Balaban J connectivity index is 1.08. The summed E-state index contributed by atoms with van der Waals surface area (Å²) in [5.41, 5.74) is 1.29. The van der Waals surface area contributed by atoms with Gasteiger partial charge in [-0.2, -0.15) is 0 Å². The van der Waals surface area contributed by atoms with Gasteiger partial charge >= 0.3 is 6.09 Å². The van der Waals surface area contributed by atoms with E-state index in [1.165, 1.54) is 21.4 Å². The van der Waals surface area contributed by atoms with Crippen molar-refractivity contribution in [1.82, 2.24) is 4.90 Å². The predicted molar refractivity (Wildman–Crippen MR) is 150 cm³/mol. The Morgan fingerprint density at radius 1 is 0.975 bits per heavy atom. The molecular formula is C32H38FN3O4. The largest absolute Gasteiger partial charge is 0.442 e. The van der Waals surface area contributed by atoms with Crippen molar-refractivity contribution in [2.75, 3.05) is 36.0 Å². The molecule has 3 heterocycles. The molecule has 1 saturated carbocycles. The number of benzene rings is 2. The molecular weight excluding hydrogens is 509 g/mol. The van der Waals surface area contributed by atoms with Gasteiger partial charge in [-0.05, 0) is 67.2 Å². The number of carbonyl (C=O) groups is 3. The van der Waals surface area contributed by atoms with E-state index in [2.05, 4.69) is 29.2 Å². The molecule has 40 heavy (non-hydrogen) atoms. The topological polar surface area (TPSA) is 70.2 Å². The molecule has 3 amide bonds. The normalized spacial score (nSPS) is 28.4. The summed E-state index contributed by atoms with van der Waals surface area (Å²) in [7, 11) is 0. The van der Waals surface area contributed by atoms with Crippen LogP contribution in [0.1, 0.15) is 52.0 Å². The summed E-state index contributed by atoms with van der Waals surface area (Å²) >= 11 is 0. The van der Waals surface area contributed by atoms with Crippen LogP contribution in [0.25, 0.3) is 0 Å². The van der Waals surface area contributed by atoms with Crippen LogP contribution in [0.4, 0.5) is 20.6 Å². The molecule has 0 N–H and O–H groups in total. The van der Waals surface area contributed by atoms with Gasteiger partial charge in [-0.25, -0.2) is 9.18 Å². The van der Waals surface area contributed by atoms with Crippen molar-refractivity contribution in [1.29, 1.82) is 0 Å². The van der Waals surface area contributed by atoms with Crippen molar-refractivity contribution >= 4 is 29.3 Å². The van der Waals surface area contributed by atoms with Crippen molar-refractivity contribution in [3.8, 4) is 0 Å². The number of hydrogen-bond donors (Lipinski definition) is 0. The van der Waals surface area contributed by atoms with E-state index in [-0.39, 0.29) is 36.6 Å². The predicted octanol–water partition coefficient (Wildman–Crippen LogP) is 5.42. The number of likely N-dealkylation sites (tertiary alicyclic amines) is 1. The third-order valence-corrected chi connectivity index (χ3v) is 10.3. The molecule has 4 aliphatic rings. The molecule has 2 unspecified atom stereocenters. The number of amides is 3. The highest BCUT2D eigenvalue weighted by molar-refractivity contribution is 6.04. The lowest BCUT2D eigenvalue weighted by Crippen LogP contribution is -2.60. The first-order valence-electron chi connectivity index (χ1n) is 14.5. The van der Waals surface area contributed by atoms with Crippen LogP contribution >= 0.6 is 0 Å². The molecule has 6 rings (SSSR count). The minimum Gasteiger partial charge on any atom is -0.442 e. The van der Waals surface area contributed by atoms with Crippen molar-refractivity contribution in [2.45, 2.75) is 59.0 Å². The summed E-state index contributed by atoms with van der Waals surface area (Å²) < 4.78 is 20.9. The van der Waals surface area contributed by atoms with E-state index >= 15 is 4.39 Å². The number of imide groups is 1. The second-order valence-corrected chi connectivity index (χ2v) is 12.8. The molecule has 0 spiro atoms. The summed E-state index contributed by atoms with van der Waals surface area (Å²) in [5.74, 6) is -0.368. The Morgan fingerprint density at radius 2 is 1.70 bits per heavy atom. The van der Waals surface area contributed by atoms with Crippen LogP contribution in [0.3, 0.4) is 0 Å². The number of ether oxygens (including phenoxy) is 1. The van der Waals surface area contributed by atoms with Crippen LogP contribution < -0.4 is 9.80 Å². The average Bonchev–Trinajstić information content (AvgIpc) is 3.39. The number of nitrogens with zero attached hydrogens (tertiary/aromatic N) is 3. The fourth-order valence-electron chi connectivity index (χ4n) is 7.35. The van der Waals surface area contributed by atoms with Crippen LogP contribution in [0, 0.1) is 28.5 Å². The van der Waals surface area contributed by atoms with Crippen molar-refractivity contribution in [3.05, 3.63) is 59.9 Å². The maximum Gasteiger partial charge on any atom is 0.414 e. The second kappa shape index (κ2) is 9.89. The number of halogens is 1. The Labute approximate surface area is 235 Å². The molecule has 2 aromatic carbocycles. The highest BCUT2D eigenvalue weighted by Gasteiger charge is 2.64. The van der Waals surface area contributed by atoms with E-state index < -0.39 is 23.0 Å². The monoisotopic (exact) mass is 547 g/mol. The number of hydrogen-bond acceptors (Lipinski definition) is 5. The zero-order valence-corrected chi connectivity index (χ0v) is 23.6. The summed E-state index contributed by atoms with van der Waals surface area (Å²) in [5, 5.41) is 0. The number of piperidine rings is 2. The second-order valence-electron chi connectivity index (χ2n) is 12.8. The maximum absolute atomic E-state index is 15.3. The number of cyclic esters (lactones) is 1. The average molecular weight is 548 g/mol. The van der Waals surface area contributed by atoms with Gasteiger partial charge in [0.15, 0.2) is 0 Å².